The third kappa shape index (κ3) is 2.35. The van der Waals surface area contributed by atoms with Crippen molar-refractivity contribution in [3.8, 4) is 0 Å². The minimum atomic E-state index is -0.661. The molecule has 2 heterocycles. The third-order valence-corrected chi connectivity index (χ3v) is 3.89. The van der Waals surface area contributed by atoms with E-state index in [1.54, 1.807) is 6.07 Å². The monoisotopic (exact) mass is 348 g/mol. The van der Waals surface area contributed by atoms with Gasteiger partial charge in [0.05, 0.1) is 28.0 Å². The van der Waals surface area contributed by atoms with Crippen molar-refractivity contribution < 1.29 is 14.0 Å². The summed E-state index contributed by atoms with van der Waals surface area (Å²) in [4.78, 5) is 29.6. The summed E-state index contributed by atoms with van der Waals surface area (Å²) in [7, 11) is 0. The van der Waals surface area contributed by atoms with Gasteiger partial charge in [0.1, 0.15) is 5.82 Å². The lowest BCUT2D eigenvalue weighted by Crippen LogP contribution is -2.29. The van der Waals surface area contributed by atoms with Crippen LogP contribution in [-0.2, 0) is 11.3 Å². The van der Waals surface area contributed by atoms with Crippen molar-refractivity contribution in [2.45, 2.75) is 13.5 Å². The average molecular weight is 349 g/mol. The molecule has 0 aliphatic carbocycles. The van der Waals surface area contributed by atoms with Gasteiger partial charge in [-0.1, -0.05) is 6.07 Å². The summed E-state index contributed by atoms with van der Waals surface area (Å²) in [5, 5.41) is 0. The lowest BCUT2D eigenvalue weighted by Gasteiger charge is -2.16. The van der Waals surface area contributed by atoms with Gasteiger partial charge in [0.15, 0.2) is 0 Å². The molecule has 3 rings (SSSR count). The predicted octanol–water partition coefficient (Wildman–Crippen LogP) is 3.02. The molecule has 0 bridgehead atoms. The summed E-state index contributed by atoms with van der Waals surface area (Å²) < 4.78 is 13.9. The zero-order valence-electron chi connectivity index (χ0n) is 11.1. The van der Waals surface area contributed by atoms with Crippen LogP contribution in [0.2, 0.25) is 0 Å². The summed E-state index contributed by atoms with van der Waals surface area (Å²) in [6.07, 6.45) is 0. The second-order valence-corrected chi connectivity index (χ2v) is 5.63. The van der Waals surface area contributed by atoms with Gasteiger partial charge < -0.3 is 0 Å². The third-order valence-electron chi connectivity index (χ3n) is 3.28. The fraction of sp³-hybridized carbons (Fsp3) is 0.133. The van der Waals surface area contributed by atoms with E-state index >= 15 is 0 Å². The van der Waals surface area contributed by atoms with E-state index in [1.165, 1.54) is 17.0 Å². The number of benzene rings is 1. The number of halogens is 2. The van der Waals surface area contributed by atoms with Crippen molar-refractivity contribution in [3.63, 3.8) is 0 Å². The van der Waals surface area contributed by atoms with Gasteiger partial charge >= 0.3 is 0 Å². The van der Waals surface area contributed by atoms with Crippen LogP contribution in [0.25, 0.3) is 0 Å². The molecule has 1 aliphatic rings. The number of carbonyl (C=O) groups excluding carboxylic acids is 2. The fourth-order valence-corrected chi connectivity index (χ4v) is 2.64. The molecule has 1 aromatic heterocycles. The molecule has 106 valence electrons. The lowest BCUT2D eigenvalue weighted by molar-refractivity contribution is -0.114. The Morgan fingerprint density at radius 3 is 2.76 bits per heavy atom. The van der Waals surface area contributed by atoms with Crippen molar-refractivity contribution in [1.29, 1.82) is 0 Å². The molecule has 0 spiro atoms. The maximum Gasteiger partial charge on any atom is 0.299 e. The van der Waals surface area contributed by atoms with Gasteiger partial charge in [-0.2, -0.15) is 0 Å². The first-order chi connectivity index (χ1) is 9.97. The Labute approximate surface area is 128 Å². The smallest absolute Gasteiger partial charge is 0.299 e. The van der Waals surface area contributed by atoms with Crippen LogP contribution in [0.4, 0.5) is 10.1 Å². The van der Waals surface area contributed by atoms with Crippen LogP contribution >= 0.6 is 15.9 Å². The number of aryl methyl sites for hydroxylation is 1. The largest absolute Gasteiger partial charge is 0.299 e. The van der Waals surface area contributed by atoms with Gasteiger partial charge in [0.2, 0.25) is 0 Å². The van der Waals surface area contributed by atoms with Gasteiger partial charge in [0, 0.05) is 5.69 Å². The Balaban J connectivity index is 2.03. The molecule has 1 aromatic carbocycles. The maximum atomic E-state index is 13.7. The first-order valence-electron chi connectivity index (χ1n) is 6.25. The normalized spacial score (nSPS) is 13.8. The molecular weight excluding hydrogens is 339 g/mol. The molecule has 0 radical (unpaired) electrons. The number of aromatic nitrogens is 1. The first-order valence-corrected chi connectivity index (χ1v) is 7.04. The number of hydrogen-bond donors (Lipinski definition) is 0. The number of rotatable bonds is 2. The summed E-state index contributed by atoms with van der Waals surface area (Å²) >= 11 is 3.02. The van der Waals surface area contributed by atoms with Gasteiger partial charge in [-0.25, -0.2) is 4.39 Å². The number of pyridine rings is 1. The zero-order chi connectivity index (χ0) is 15.1. The molecule has 21 heavy (non-hydrogen) atoms. The second kappa shape index (κ2) is 5.04. The van der Waals surface area contributed by atoms with Crippen molar-refractivity contribution in [2.24, 2.45) is 0 Å². The van der Waals surface area contributed by atoms with Gasteiger partial charge in [-0.3, -0.25) is 19.5 Å². The Bertz CT molecular complexity index is 776. The zero-order valence-corrected chi connectivity index (χ0v) is 12.6. The highest BCUT2D eigenvalue weighted by Gasteiger charge is 2.36. The summed E-state index contributed by atoms with van der Waals surface area (Å²) in [6, 6.07) is 7.96. The van der Waals surface area contributed by atoms with E-state index in [9.17, 15) is 14.0 Å². The molecule has 0 unspecified atom stereocenters. The molecule has 0 saturated carbocycles. The Kier molecular flexibility index (Phi) is 3.33. The SMILES string of the molecule is Cc1cccc(CN2C(=O)C(=O)c3cc(Br)c(F)cc32)n1. The molecule has 2 aromatic rings. The number of anilines is 1. The van der Waals surface area contributed by atoms with Crippen LogP contribution in [-0.4, -0.2) is 16.7 Å². The van der Waals surface area contributed by atoms with Crippen molar-refractivity contribution in [3.05, 3.63) is 57.6 Å². The van der Waals surface area contributed by atoms with Crippen LogP contribution in [0.3, 0.4) is 0 Å². The van der Waals surface area contributed by atoms with Crippen LogP contribution < -0.4 is 4.90 Å². The number of Topliss-reactive ketones (excluding diaryl/α,β-unsaturated/α-hetero) is 1. The van der Waals surface area contributed by atoms with Crippen LogP contribution in [0.5, 0.6) is 0 Å². The summed E-state index contributed by atoms with van der Waals surface area (Å²) in [5.41, 5.74) is 1.95. The average Bonchev–Trinajstić information content (AvgIpc) is 2.65. The number of carbonyl (C=O) groups is 2. The Morgan fingerprint density at radius 2 is 2.05 bits per heavy atom. The van der Waals surface area contributed by atoms with Gasteiger partial charge in [-0.15, -0.1) is 0 Å². The molecule has 1 aliphatic heterocycles. The predicted molar refractivity (Wildman–Crippen MR) is 78.6 cm³/mol. The van der Waals surface area contributed by atoms with E-state index in [0.29, 0.717) is 5.69 Å². The van der Waals surface area contributed by atoms with E-state index in [2.05, 4.69) is 20.9 Å². The second-order valence-electron chi connectivity index (χ2n) is 4.77. The molecule has 6 heteroatoms. The van der Waals surface area contributed by atoms with E-state index in [-0.39, 0.29) is 22.3 Å². The van der Waals surface area contributed by atoms with Crippen molar-refractivity contribution in [2.75, 3.05) is 4.90 Å². The number of nitrogens with zero attached hydrogens (tertiary/aromatic N) is 2. The standard InChI is InChI=1S/C15H10BrFN2O2/c1-8-3-2-4-9(18-8)7-19-13-6-12(17)11(16)5-10(13)14(20)15(19)21/h2-6H,7H2,1H3. The van der Waals surface area contributed by atoms with Gasteiger partial charge in [0.25, 0.3) is 11.7 Å². The van der Waals surface area contributed by atoms with Crippen LogP contribution in [0.1, 0.15) is 21.7 Å². The summed E-state index contributed by atoms with van der Waals surface area (Å²) in [5.74, 6) is -1.80. The highest BCUT2D eigenvalue weighted by atomic mass is 79.9. The number of amides is 1. The summed E-state index contributed by atoms with van der Waals surface area (Å²) in [6.45, 7) is 1.98. The number of ketones is 1. The van der Waals surface area contributed by atoms with E-state index in [4.69, 9.17) is 0 Å². The van der Waals surface area contributed by atoms with Crippen LogP contribution in [0, 0.1) is 12.7 Å². The highest BCUT2D eigenvalue weighted by Crippen LogP contribution is 2.34. The van der Waals surface area contributed by atoms with E-state index in [1.807, 2.05) is 19.1 Å². The lowest BCUT2D eigenvalue weighted by atomic mass is 10.1. The molecule has 0 saturated heterocycles. The van der Waals surface area contributed by atoms with Crippen LogP contribution in [0.15, 0.2) is 34.8 Å². The minimum Gasteiger partial charge on any atom is -0.299 e. The molecular formula is C15H10BrFN2O2. The fourth-order valence-electron chi connectivity index (χ4n) is 2.30. The molecule has 0 fully saturated rings. The topological polar surface area (TPSA) is 50.3 Å². The van der Waals surface area contributed by atoms with Gasteiger partial charge in [-0.05, 0) is 47.1 Å². The molecule has 0 N–H and O–H groups in total. The molecule has 4 nitrogen and oxygen atoms in total. The molecule has 0 atom stereocenters. The van der Waals surface area contributed by atoms with Crippen molar-refractivity contribution in [1.82, 2.24) is 4.98 Å². The minimum absolute atomic E-state index is 0.139. The van der Waals surface area contributed by atoms with E-state index < -0.39 is 17.5 Å². The Hall–Kier alpha value is -2.08. The van der Waals surface area contributed by atoms with Crippen molar-refractivity contribution >= 4 is 33.3 Å². The maximum absolute atomic E-state index is 13.7. The number of hydrogen-bond acceptors (Lipinski definition) is 3. The Morgan fingerprint density at radius 1 is 1.29 bits per heavy atom. The number of fused-ring (bicyclic) bond motifs is 1. The first kappa shape index (κ1) is 13.9. The van der Waals surface area contributed by atoms with E-state index in [0.717, 1.165) is 5.69 Å². The highest BCUT2D eigenvalue weighted by molar-refractivity contribution is 9.10. The molecule has 1 amide bonds. The quantitative estimate of drug-likeness (QED) is 0.784.